The summed E-state index contributed by atoms with van der Waals surface area (Å²) in [5.41, 5.74) is 1.47. The predicted molar refractivity (Wildman–Crippen MR) is 118 cm³/mol. The molecule has 3 N–H and O–H groups in total. The van der Waals surface area contributed by atoms with Crippen LogP contribution in [-0.2, 0) is 12.8 Å². The average Bonchev–Trinajstić information content (AvgIpc) is 2.64. The van der Waals surface area contributed by atoms with Gasteiger partial charge in [-0.15, -0.1) is 0 Å². The van der Waals surface area contributed by atoms with Crippen LogP contribution in [0, 0.1) is 0 Å². The van der Waals surface area contributed by atoms with E-state index < -0.39 is 23.8 Å². The first-order chi connectivity index (χ1) is 13.7. The van der Waals surface area contributed by atoms with Crippen LogP contribution in [0.2, 0.25) is 5.02 Å². The Morgan fingerprint density at radius 1 is 1.10 bits per heavy atom. The fourth-order valence-corrected chi connectivity index (χ4v) is 3.71. The number of carbonyl (C=O) groups is 1. The van der Waals surface area contributed by atoms with Crippen molar-refractivity contribution < 1.29 is 15.0 Å². The second kappa shape index (κ2) is 10.6. The quantitative estimate of drug-likeness (QED) is 0.533. The second-order valence-corrected chi connectivity index (χ2v) is 8.67. The first-order valence-corrected chi connectivity index (χ1v) is 10.3. The number of halogens is 1. The molecule has 29 heavy (non-hydrogen) atoms. The molecule has 2 atom stereocenters. The van der Waals surface area contributed by atoms with Gasteiger partial charge < -0.3 is 15.5 Å². The van der Waals surface area contributed by atoms with Crippen LogP contribution in [0.1, 0.15) is 31.9 Å². The Bertz CT molecular complexity index is 777. The molecule has 0 aromatic heterocycles. The zero-order chi connectivity index (χ0) is 21.4. The Balaban J connectivity index is 2.05. The molecule has 0 unspecified atom stereocenters. The Morgan fingerprint density at radius 2 is 1.76 bits per heavy atom. The zero-order valence-corrected chi connectivity index (χ0v) is 18.1. The Hall–Kier alpha value is -2.08. The van der Waals surface area contributed by atoms with E-state index in [4.69, 9.17) is 11.6 Å². The van der Waals surface area contributed by atoms with Crippen LogP contribution >= 0.6 is 11.6 Å². The summed E-state index contributed by atoms with van der Waals surface area (Å²) in [4.78, 5) is 13.4. The summed E-state index contributed by atoms with van der Waals surface area (Å²) in [5.74, 6) is 0. The largest absolute Gasteiger partial charge is 0.465 e. The predicted octanol–water partition coefficient (Wildman–Crippen LogP) is 4.22. The highest BCUT2D eigenvalue weighted by Crippen LogP contribution is 2.22. The van der Waals surface area contributed by atoms with Crippen molar-refractivity contribution in [1.29, 1.82) is 0 Å². The second-order valence-electron chi connectivity index (χ2n) is 8.23. The van der Waals surface area contributed by atoms with Crippen molar-refractivity contribution >= 4 is 17.7 Å². The third-order valence-corrected chi connectivity index (χ3v) is 5.06. The highest BCUT2D eigenvalue weighted by molar-refractivity contribution is 6.30. The lowest BCUT2D eigenvalue weighted by Crippen LogP contribution is -2.58. The fraction of sp³-hybridized carbons (Fsp3) is 0.435. The molecule has 158 valence electrons. The summed E-state index contributed by atoms with van der Waals surface area (Å²) in [5, 5.41) is 24.7. The molecule has 0 fully saturated rings. The summed E-state index contributed by atoms with van der Waals surface area (Å²) >= 11 is 6.01. The molecule has 0 saturated heterocycles. The van der Waals surface area contributed by atoms with Crippen molar-refractivity contribution in [2.75, 3.05) is 13.1 Å². The maximum Gasteiger partial charge on any atom is 0.408 e. The fourth-order valence-electron chi connectivity index (χ4n) is 3.49. The summed E-state index contributed by atoms with van der Waals surface area (Å²) in [6.45, 7) is 6.51. The minimum absolute atomic E-state index is 0.303. The molecule has 2 aromatic carbocycles. The Kier molecular flexibility index (Phi) is 8.50. The maximum absolute atomic E-state index is 12.0. The van der Waals surface area contributed by atoms with E-state index >= 15 is 0 Å². The van der Waals surface area contributed by atoms with Crippen molar-refractivity contribution in [2.24, 2.45) is 0 Å². The molecule has 1 amide bonds. The van der Waals surface area contributed by atoms with E-state index in [2.05, 4.69) is 5.32 Å². The molecule has 0 aliphatic heterocycles. The van der Waals surface area contributed by atoms with Gasteiger partial charge in [-0.3, -0.25) is 4.90 Å². The number of hydrogen-bond acceptors (Lipinski definition) is 3. The van der Waals surface area contributed by atoms with Gasteiger partial charge in [-0.25, -0.2) is 4.79 Å². The monoisotopic (exact) mass is 418 g/mol. The van der Waals surface area contributed by atoms with Gasteiger partial charge in [0, 0.05) is 17.1 Å². The van der Waals surface area contributed by atoms with Crippen LogP contribution in [0.4, 0.5) is 4.79 Å². The van der Waals surface area contributed by atoms with E-state index in [1.807, 2.05) is 75.4 Å². The van der Waals surface area contributed by atoms with E-state index in [9.17, 15) is 15.0 Å². The van der Waals surface area contributed by atoms with Gasteiger partial charge in [-0.05, 0) is 63.4 Å². The molecule has 2 rings (SSSR count). The number of amides is 1. The standard InChI is InChI=1S/C23H31ClN2O3/c1-23(2,3)26(22(28)29)20(15-17-8-5-4-6-9-17)21(27)16-25-13-12-18-10-7-11-19(24)14-18/h4-11,14,20-21,25,27H,12-13,15-16H2,1-3H3,(H,28,29)/t20-,21-/m0/s1. The number of nitrogens with zero attached hydrogens (tertiary/aromatic N) is 1. The lowest BCUT2D eigenvalue weighted by Gasteiger charge is -2.42. The molecule has 0 aliphatic rings. The van der Waals surface area contributed by atoms with Crippen LogP contribution in [0.15, 0.2) is 54.6 Å². The van der Waals surface area contributed by atoms with Crippen LogP contribution < -0.4 is 5.32 Å². The molecular weight excluding hydrogens is 388 g/mol. The SMILES string of the molecule is CC(C)(C)N(C(=O)O)[C@@H](Cc1ccccc1)[C@@H](O)CNCCc1cccc(Cl)c1. The molecule has 0 heterocycles. The lowest BCUT2D eigenvalue weighted by molar-refractivity contribution is 0.00792. The molecule has 0 saturated carbocycles. The number of carboxylic acid groups (broad SMARTS) is 1. The third kappa shape index (κ3) is 7.35. The number of benzene rings is 2. The van der Waals surface area contributed by atoms with Crippen LogP contribution in [0.3, 0.4) is 0 Å². The summed E-state index contributed by atoms with van der Waals surface area (Å²) < 4.78 is 0. The highest BCUT2D eigenvalue weighted by Gasteiger charge is 2.37. The van der Waals surface area contributed by atoms with Gasteiger partial charge in [0.25, 0.3) is 0 Å². The summed E-state index contributed by atoms with van der Waals surface area (Å²) in [7, 11) is 0. The first-order valence-electron chi connectivity index (χ1n) is 9.88. The number of aliphatic hydroxyl groups excluding tert-OH is 1. The van der Waals surface area contributed by atoms with Gasteiger partial charge in [0.2, 0.25) is 0 Å². The smallest absolute Gasteiger partial charge is 0.408 e. The summed E-state index contributed by atoms with van der Waals surface area (Å²) in [6.07, 6.45) is -0.651. The number of nitrogens with one attached hydrogen (secondary N) is 1. The molecule has 5 nitrogen and oxygen atoms in total. The van der Waals surface area contributed by atoms with E-state index in [-0.39, 0.29) is 0 Å². The van der Waals surface area contributed by atoms with E-state index in [1.165, 1.54) is 4.90 Å². The van der Waals surface area contributed by atoms with Crippen LogP contribution in [0.25, 0.3) is 0 Å². The normalized spacial score (nSPS) is 13.7. The average molecular weight is 419 g/mol. The molecule has 0 aliphatic carbocycles. The van der Waals surface area contributed by atoms with Gasteiger partial charge in [0.15, 0.2) is 0 Å². The van der Waals surface area contributed by atoms with Gasteiger partial charge in [0.1, 0.15) is 0 Å². The van der Waals surface area contributed by atoms with Crippen molar-refractivity contribution in [1.82, 2.24) is 10.2 Å². The van der Waals surface area contributed by atoms with Crippen molar-refractivity contribution in [3.63, 3.8) is 0 Å². The minimum atomic E-state index is -1.03. The first kappa shape index (κ1) is 23.2. The topological polar surface area (TPSA) is 72.8 Å². The van der Waals surface area contributed by atoms with Crippen molar-refractivity contribution in [3.8, 4) is 0 Å². The molecular formula is C23H31ClN2O3. The zero-order valence-electron chi connectivity index (χ0n) is 17.3. The minimum Gasteiger partial charge on any atom is -0.465 e. The van der Waals surface area contributed by atoms with E-state index in [0.29, 0.717) is 24.5 Å². The van der Waals surface area contributed by atoms with E-state index in [1.54, 1.807) is 0 Å². The van der Waals surface area contributed by atoms with Crippen molar-refractivity contribution in [2.45, 2.75) is 51.3 Å². The molecule has 0 radical (unpaired) electrons. The summed E-state index contributed by atoms with van der Waals surface area (Å²) in [6, 6.07) is 16.8. The van der Waals surface area contributed by atoms with Crippen LogP contribution in [0.5, 0.6) is 0 Å². The van der Waals surface area contributed by atoms with E-state index in [0.717, 1.165) is 17.5 Å². The van der Waals surface area contributed by atoms with Crippen LogP contribution in [-0.4, -0.2) is 52.0 Å². The maximum atomic E-state index is 12.0. The van der Waals surface area contributed by atoms with Gasteiger partial charge in [0.05, 0.1) is 12.1 Å². The number of aliphatic hydroxyl groups is 1. The molecule has 6 heteroatoms. The number of hydrogen-bond donors (Lipinski definition) is 3. The molecule has 0 spiro atoms. The molecule has 0 bridgehead atoms. The van der Waals surface area contributed by atoms with Gasteiger partial charge >= 0.3 is 6.09 Å². The third-order valence-electron chi connectivity index (χ3n) is 4.83. The Morgan fingerprint density at radius 3 is 2.34 bits per heavy atom. The lowest BCUT2D eigenvalue weighted by atomic mass is 9.94. The van der Waals surface area contributed by atoms with Crippen molar-refractivity contribution in [3.05, 3.63) is 70.7 Å². The Labute approximate surface area is 178 Å². The number of rotatable bonds is 9. The highest BCUT2D eigenvalue weighted by atomic mass is 35.5. The molecule has 2 aromatic rings. The van der Waals surface area contributed by atoms with Gasteiger partial charge in [-0.2, -0.15) is 0 Å². The van der Waals surface area contributed by atoms with Gasteiger partial charge in [-0.1, -0.05) is 54.1 Å².